The van der Waals surface area contributed by atoms with Crippen molar-refractivity contribution in [2.24, 2.45) is 5.92 Å². The number of carbonyl (C=O) groups is 2. The number of halogens is 4. The van der Waals surface area contributed by atoms with Crippen LogP contribution in [0.1, 0.15) is 51.5 Å². The lowest BCUT2D eigenvalue weighted by atomic mass is 9.90. The number of amides is 1. The topological polar surface area (TPSA) is 64.6 Å². The van der Waals surface area contributed by atoms with Gasteiger partial charge in [-0.2, -0.15) is 13.2 Å². The maximum Gasteiger partial charge on any atom is 0.445 e. The van der Waals surface area contributed by atoms with E-state index in [2.05, 4.69) is 40.7 Å². The molecular weight excluding hydrogens is 551 g/mol. The molecule has 1 aliphatic carbocycles. The van der Waals surface area contributed by atoms with E-state index in [-0.39, 0.29) is 28.2 Å². The standard InChI is InChI=1S/C15H18O2S.C14H9ClF3NO2/c1-3-4-5-6-9-12-18-15-11-8-7-10-14(15)17-13(2)16;15-9-3-4-11-10(7-9)13(14(16,17)18,21-12(20)19-11)6-5-8-1-2-8/h7-8,10-11H,3-5,12H2,1-2H3;3-4,7-8H,1-2H2,(H,19,20)/t;13-/m.0/s1. The molecule has 1 N–H and O–H groups in total. The first-order valence-corrected chi connectivity index (χ1v) is 13.7. The first-order valence-electron chi connectivity index (χ1n) is 12.3. The van der Waals surface area contributed by atoms with Crippen LogP contribution in [0.4, 0.5) is 23.7 Å². The fourth-order valence-corrected chi connectivity index (χ4v) is 4.31. The number of thioether (sulfide) groups is 1. The van der Waals surface area contributed by atoms with Crippen molar-refractivity contribution in [3.8, 4) is 29.4 Å². The fourth-order valence-electron chi connectivity index (χ4n) is 3.38. The summed E-state index contributed by atoms with van der Waals surface area (Å²) in [6.45, 7) is 3.57. The molecule has 4 rings (SSSR count). The van der Waals surface area contributed by atoms with Crippen LogP contribution in [-0.4, -0.2) is 24.0 Å². The van der Waals surface area contributed by atoms with Gasteiger partial charge in [-0.3, -0.25) is 10.1 Å². The van der Waals surface area contributed by atoms with Crippen LogP contribution >= 0.6 is 23.4 Å². The first-order chi connectivity index (χ1) is 18.6. The first kappa shape index (κ1) is 30.3. The van der Waals surface area contributed by atoms with Gasteiger partial charge in [-0.1, -0.05) is 48.9 Å². The molecule has 2 aromatic rings. The third-order valence-corrected chi connectivity index (χ3v) is 6.63. The smallest absolute Gasteiger partial charge is 0.426 e. The number of fused-ring (bicyclic) bond motifs is 1. The molecule has 1 saturated carbocycles. The van der Waals surface area contributed by atoms with Gasteiger partial charge in [0.2, 0.25) is 0 Å². The molecule has 2 aromatic carbocycles. The van der Waals surface area contributed by atoms with Gasteiger partial charge in [0.05, 0.1) is 16.3 Å². The van der Waals surface area contributed by atoms with Crippen LogP contribution in [0.15, 0.2) is 47.4 Å². The minimum atomic E-state index is -4.87. The Morgan fingerprint density at radius 3 is 2.64 bits per heavy atom. The van der Waals surface area contributed by atoms with Crippen LogP contribution in [0.2, 0.25) is 5.02 Å². The summed E-state index contributed by atoms with van der Waals surface area (Å²) >= 11 is 7.38. The van der Waals surface area contributed by atoms with Crippen LogP contribution < -0.4 is 10.1 Å². The largest absolute Gasteiger partial charge is 0.445 e. The zero-order valence-corrected chi connectivity index (χ0v) is 23.0. The van der Waals surface area contributed by atoms with E-state index in [1.54, 1.807) is 17.8 Å². The fraction of sp³-hybridized carbons (Fsp3) is 0.379. The number of esters is 1. The molecule has 0 spiro atoms. The van der Waals surface area contributed by atoms with Gasteiger partial charge in [0.15, 0.2) is 0 Å². The quantitative estimate of drug-likeness (QED) is 0.128. The van der Waals surface area contributed by atoms with E-state index in [1.165, 1.54) is 25.5 Å². The van der Waals surface area contributed by atoms with Gasteiger partial charge < -0.3 is 9.47 Å². The van der Waals surface area contributed by atoms with Crippen LogP contribution in [0.3, 0.4) is 0 Å². The number of carbonyl (C=O) groups excluding carboxylic acids is 2. The molecule has 0 unspecified atom stereocenters. The molecule has 2 aliphatic rings. The molecule has 0 aromatic heterocycles. The summed E-state index contributed by atoms with van der Waals surface area (Å²) in [4.78, 5) is 23.4. The van der Waals surface area contributed by atoms with Crippen molar-refractivity contribution < 1.29 is 32.2 Å². The van der Waals surface area contributed by atoms with Crippen LogP contribution in [0.5, 0.6) is 5.75 Å². The van der Waals surface area contributed by atoms with Gasteiger partial charge in [0, 0.05) is 29.8 Å². The van der Waals surface area contributed by atoms with Crippen molar-refractivity contribution in [2.75, 3.05) is 11.1 Å². The second-order valence-corrected chi connectivity index (χ2v) is 10.2. The number of unbranched alkanes of at least 4 members (excludes halogenated alkanes) is 2. The molecule has 5 nitrogen and oxygen atoms in total. The lowest BCUT2D eigenvalue weighted by Crippen LogP contribution is -2.49. The van der Waals surface area contributed by atoms with Crippen LogP contribution in [0.25, 0.3) is 0 Å². The van der Waals surface area contributed by atoms with E-state index in [0.717, 1.165) is 42.4 Å². The molecule has 1 amide bonds. The molecule has 1 heterocycles. The third kappa shape index (κ3) is 8.61. The lowest BCUT2D eigenvalue weighted by Gasteiger charge is -2.35. The maximum absolute atomic E-state index is 13.6. The molecular formula is C29H27ClF3NO4S. The van der Waals surface area contributed by atoms with Gasteiger partial charge in [0.25, 0.3) is 5.60 Å². The van der Waals surface area contributed by atoms with E-state index in [9.17, 15) is 22.8 Å². The van der Waals surface area contributed by atoms with Gasteiger partial charge in [-0.15, -0.1) is 17.7 Å². The molecule has 39 heavy (non-hydrogen) atoms. The van der Waals surface area contributed by atoms with Crippen LogP contribution in [-0.2, 0) is 15.1 Å². The van der Waals surface area contributed by atoms with Crippen molar-refractivity contribution in [2.45, 2.75) is 62.6 Å². The molecule has 1 atom stereocenters. The van der Waals surface area contributed by atoms with E-state index in [4.69, 9.17) is 16.3 Å². The monoisotopic (exact) mass is 577 g/mol. The number of ether oxygens (including phenoxy) is 2. The number of rotatable bonds is 5. The SMILES string of the molecule is CCCCC#CCSc1ccccc1OC(C)=O.O=C1Nc2ccc(Cl)cc2[C@@](C#CC2CC2)(C(F)(F)F)O1. The Bertz CT molecular complexity index is 1320. The molecule has 206 valence electrons. The van der Waals surface area contributed by atoms with Gasteiger partial charge >= 0.3 is 18.2 Å². The van der Waals surface area contributed by atoms with Gasteiger partial charge in [-0.25, -0.2) is 4.79 Å². The highest BCUT2D eigenvalue weighted by atomic mass is 35.5. The van der Waals surface area contributed by atoms with E-state index >= 15 is 0 Å². The second kappa shape index (κ2) is 13.7. The van der Waals surface area contributed by atoms with E-state index < -0.39 is 17.9 Å². The highest BCUT2D eigenvalue weighted by molar-refractivity contribution is 7.99. The maximum atomic E-state index is 13.6. The summed E-state index contributed by atoms with van der Waals surface area (Å²) < 4.78 is 50.5. The minimum Gasteiger partial charge on any atom is -0.426 e. The summed E-state index contributed by atoms with van der Waals surface area (Å²) in [5.74, 6) is 11.9. The third-order valence-electron chi connectivity index (χ3n) is 5.46. The van der Waals surface area contributed by atoms with Crippen molar-refractivity contribution in [1.29, 1.82) is 0 Å². The van der Waals surface area contributed by atoms with E-state index in [1.807, 2.05) is 18.2 Å². The highest BCUT2D eigenvalue weighted by Crippen LogP contribution is 2.48. The zero-order valence-electron chi connectivity index (χ0n) is 21.4. The van der Waals surface area contributed by atoms with Crippen molar-refractivity contribution in [3.05, 3.63) is 53.1 Å². The molecule has 1 aliphatic heterocycles. The predicted octanol–water partition coefficient (Wildman–Crippen LogP) is 7.97. The second-order valence-electron chi connectivity index (χ2n) is 8.71. The Labute approximate surface area is 235 Å². The Morgan fingerprint density at radius 1 is 1.23 bits per heavy atom. The lowest BCUT2D eigenvalue weighted by molar-refractivity contribution is -0.239. The summed E-state index contributed by atoms with van der Waals surface area (Å²) in [6, 6.07) is 11.3. The molecule has 10 heteroatoms. The predicted molar refractivity (Wildman–Crippen MR) is 146 cm³/mol. The summed E-state index contributed by atoms with van der Waals surface area (Å²) in [5, 5.41) is 2.34. The van der Waals surface area contributed by atoms with Gasteiger partial charge in [0.1, 0.15) is 5.75 Å². The average Bonchev–Trinajstić information content (AvgIpc) is 3.70. The van der Waals surface area contributed by atoms with Crippen molar-refractivity contribution in [1.82, 2.24) is 0 Å². The summed E-state index contributed by atoms with van der Waals surface area (Å²) in [7, 11) is 0. The normalized spacial score (nSPS) is 17.4. The molecule has 1 fully saturated rings. The zero-order chi connectivity index (χ0) is 28.5. The number of hydrogen-bond donors (Lipinski definition) is 1. The van der Waals surface area contributed by atoms with Crippen LogP contribution in [0, 0.1) is 29.6 Å². The number of cyclic esters (lactones) is 1. The summed E-state index contributed by atoms with van der Waals surface area (Å²) in [6.07, 6.45) is -1.24. The number of para-hydroxylation sites is 1. The van der Waals surface area contributed by atoms with Crippen molar-refractivity contribution in [3.63, 3.8) is 0 Å². The Balaban J connectivity index is 0.000000219. The Hall–Kier alpha value is -3.27. The van der Waals surface area contributed by atoms with E-state index in [0.29, 0.717) is 5.75 Å². The number of anilines is 1. The number of benzene rings is 2. The summed E-state index contributed by atoms with van der Waals surface area (Å²) in [5.41, 5.74) is -3.27. The van der Waals surface area contributed by atoms with Gasteiger partial charge in [-0.05, 0) is 55.5 Å². The Kier molecular flexibility index (Phi) is 10.6. The number of hydrogen-bond acceptors (Lipinski definition) is 5. The highest BCUT2D eigenvalue weighted by Gasteiger charge is 2.62. The number of alkyl halides is 3. The molecule has 0 bridgehead atoms. The Morgan fingerprint density at radius 2 is 1.97 bits per heavy atom. The molecule has 0 radical (unpaired) electrons. The number of nitrogens with one attached hydrogen (secondary N) is 1. The van der Waals surface area contributed by atoms with Crippen molar-refractivity contribution >= 4 is 41.1 Å². The minimum absolute atomic E-state index is 0.00179. The molecule has 0 saturated heterocycles. The average molecular weight is 578 g/mol.